The van der Waals surface area contributed by atoms with E-state index in [0.29, 0.717) is 29.5 Å². The number of pyridine rings is 1. The van der Waals surface area contributed by atoms with E-state index in [1.807, 2.05) is 13.8 Å². The third-order valence-corrected chi connectivity index (χ3v) is 5.10. The molecule has 1 aromatic rings. The Bertz CT molecular complexity index is 670. The summed E-state index contributed by atoms with van der Waals surface area (Å²) in [7, 11) is 1.75. The van der Waals surface area contributed by atoms with E-state index in [9.17, 15) is 14.7 Å². The molecule has 7 nitrogen and oxygen atoms in total. The van der Waals surface area contributed by atoms with Gasteiger partial charge in [0.25, 0.3) is 5.91 Å². The lowest BCUT2D eigenvalue weighted by atomic mass is 10.00. The van der Waals surface area contributed by atoms with Crippen molar-refractivity contribution in [1.82, 2.24) is 14.8 Å². The van der Waals surface area contributed by atoms with Crippen molar-refractivity contribution < 1.29 is 19.4 Å². The van der Waals surface area contributed by atoms with E-state index in [0.717, 1.165) is 0 Å². The average Bonchev–Trinajstić information content (AvgIpc) is 2.63. The Morgan fingerprint density at radius 2 is 2.27 bits per heavy atom. The van der Waals surface area contributed by atoms with Crippen LogP contribution in [0.25, 0.3) is 0 Å². The minimum atomic E-state index is -0.328. The zero-order chi connectivity index (χ0) is 19.4. The van der Waals surface area contributed by atoms with Gasteiger partial charge in [-0.2, -0.15) is 0 Å². The zero-order valence-electron chi connectivity index (χ0n) is 15.6. The first-order valence-corrected chi connectivity index (χ1v) is 9.55. The summed E-state index contributed by atoms with van der Waals surface area (Å²) >= 11 is 3.34. The molecule has 26 heavy (non-hydrogen) atoms. The second kappa shape index (κ2) is 8.81. The molecule has 1 aliphatic heterocycles. The standard InChI is InChI=1S/C18H26BrN3O4/c1-5-16(24)21(4)9-15-11(2)8-22(12(3)10-23)18(25)14-6-13(19)7-20-17(14)26-15/h6-7,11-12,15,23H,5,8-10H2,1-4H3/t11-,12-,15-/m0/s1. The van der Waals surface area contributed by atoms with Crippen LogP contribution in [-0.2, 0) is 4.79 Å². The Labute approximate surface area is 162 Å². The third kappa shape index (κ3) is 4.54. The van der Waals surface area contributed by atoms with E-state index >= 15 is 0 Å². The maximum Gasteiger partial charge on any atom is 0.259 e. The normalized spacial score (nSPS) is 21.3. The summed E-state index contributed by atoms with van der Waals surface area (Å²) in [4.78, 5) is 32.5. The molecule has 2 heterocycles. The van der Waals surface area contributed by atoms with Gasteiger partial charge in [-0.05, 0) is 28.9 Å². The van der Waals surface area contributed by atoms with Crippen LogP contribution in [0.5, 0.6) is 5.88 Å². The number of fused-ring (bicyclic) bond motifs is 1. The summed E-state index contributed by atoms with van der Waals surface area (Å²) in [5.41, 5.74) is 0.348. The van der Waals surface area contributed by atoms with Crippen molar-refractivity contribution in [2.45, 2.75) is 39.3 Å². The molecular weight excluding hydrogens is 402 g/mol. The van der Waals surface area contributed by atoms with Crippen LogP contribution in [0.1, 0.15) is 37.6 Å². The lowest BCUT2D eigenvalue weighted by Crippen LogP contribution is -2.50. The minimum Gasteiger partial charge on any atom is -0.472 e. The van der Waals surface area contributed by atoms with E-state index in [1.165, 1.54) is 0 Å². The van der Waals surface area contributed by atoms with Crippen LogP contribution in [0.4, 0.5) is 0 Å². The molecule has 1 N–H and O–H groups in total. The van der Waals surface area contributed by atoms with Crippen LogP contribution in [0, 0.1) is 5.92 Å². The first-order chi connectivity index (χ1) is 12.3. The molecule has 1 aromatic heterocycles. The first kappa shape index (κ1) is 20.6. The summed E-state index contributed by atoms with van der Waals surface area (Å²) in [5.74, 6) is 0.0167. The van der Waals surface area contributed by atoms with Crippen molar-refractivity contribution >= 4 is 27.7 Å². The van der Waals surface area contributed by atoms with E-state index < -0.39 is 0 Å². The number of aliphatic hydroxyl groups excluding tert-OH is 1. The molecule has 0 saturated carbocycles. The summed E-state index contributed by atoms with van der Waals surface area (Å²) in [5, 5.41) is 9.57. The van der Waals surface area contributed by atoms with Crippen LogP contribution in [0.3, 0.4) is 0 Å². The lowest BCUT2D eigenvalue weighted by Gasteiger charge is -2.37. The van der Waals surface area contributed by atoms with Gasteiger partial charge >= 0.3 is 0 Å². The second-order valence-electron chi connectivity index (χ2n) is 6.76. The molecule has 0 unspecified atom stereocenters. The summed E-state index contributed by atoms with van der Waals surface area (Å²) in [6, 6.07) is 1.35. The van der Waals surface area contributed by atoms with Crippen LogP contribution in [-0.4, -0.2) is 70.6 Å². The predicted molar refractivity (Wildman–Crippen MR) is 101 cm³/mol. The van der Waals surface area contributed by atoms with Crippen molar-refractivity contribution in [3.05, 3.63) is 22.3 Å². The van der Waals surface area contributed by atoms with Crippen LogP contribution in [0.15, 0.2) is 16.7 Å². The van der Waals surface area contributed by atoms with Gasteiger partial charge in [0.05, 0.1) is 19.2 Å². The molecule has 2 amide bonds. The fourth-order valence-electron chi connectivity index (χ4n) is 2.94. The smallest absolute Gasteiger partial charge is 0.259 e. The van der Waals surface area contributed by atoms with Gasteiger partial charge in [0.1, 0.15) is 11.7 Å². The number of hydrogen-bond acceptors (Lipinski definition) is 5. The molecule has 0 bridgehead atoms. The van der Waals surface area contributed by atoms with Gasteiger partial charge in [0.2, 0.25) is 11.8 Å². The summed E-state index contributed by atoms with van der Waals surface area (Å²) < 4.78 is 6.74. The quantitative estimate of drug-likeness (QED) is 0.775. The minimum absolute atomic E-state index is 0.0310. The molecule has 8 heteroatoms. The highest BCUT2D eigenvalue weighted by Gasteiger charge is 2.34. The molecule has 0 aliphatic carbocycles. The maximum absolute atomic E-state index is 13.0. The van der Waals surface area contributed by atoms with Gasteiger partial charge in [-0.25, -0.2) is 4.98 Å². The molecule has 2 rings (SSSR count). The van der Waals surface area contributed by atoms with E-state index in [-0.39, 0.29) is 42.4 Å². The van der Waals surface area contributed by atoms with Crippen LogP contribution in [0.2, 0.25) is 0 Å². The molecular formula is C18H26BrN3O4. The SMILES string of the molecule is CCC(=O)N(C)C[C@@H]1Oc2ncc(Br)cc2C(=O)N([C@@H](C)CO)C[C@@H]1C. The molecule has 0 aromatic carbocycles. The highest BCUT2D eigenvalue weighted by atomic mass is 79.9. The second-order valence-corrected chi connectivity index (χ2v) is 7.67. The highest BCUT2D eigenvalue weighted by molar-refractivity contribution is 9.10. The molecule has 3 atom stereocenters. The van der Waals surface area contributed by atoms with Crippen molar-refractivity contribution in [3.63, 3.8) is 0 Å². The van der Waals surface area contributed by atoms with Gasteiger partial charge in [0.15, 0.2) is 0 Å². The van der Waals surface area contributed by atoms with Crippen molar-refractivity contribution in [2.24, 2.45) is 5.92 Å². The maximum atomic E-state index is 13.0. The number of halogens is 1. The van der Waals surface area contributed by atoms with E-state index in [4.69, 9.17) is 4.74 Å². The first-order valence-electron chi connectivity index (χ1n) is 8.76. The Balaban J connectivity index is 2.40. The largest absolute Gasteiger partial charge is 0.472 e. The van der Waals surface area contributed by atoms with Gasteiger partial charge in [0, 0.05) is 36.6 Å². The van der Waals surface area contributed by atoms with E-state index in [2.05, 4.69) is 20.9 Å². The van der Waals surface area contributed by atoms with Gasteiger partial charge in [-0.3, -0.25) is 9.59 Å². The Morgan fingerprint density at radius 1 is 1.58 bits per heavy atom. The Hall–Kier alpha value is -1.67. The predicted octanol–water partition coefficient (Wildman–Crippen LogP) is 1.93. The highest BCUT2D eigenvalue weighted by Crippen LogP contribution is 2.28. The number of rotatable bonds is 5. The van der Waals surface area contributed by atoms with Crippen molar-refractivity contribution in [2.75, 3.05) is 26.7 Å². The third-order valence-electron chi connectivity index (χ3n) is 4.67. The lowest BCUT2D eigenvalue weighted by molar-refractivity contribution is -0.131. The number of ether oxygens (including phenoxy) is 1. The van der Waals surface area contributed by atoms with Gasteiger partial charge in [-0.1, -0.05) is 13.8 Å². The summed E-state index contributed by atoms with van der Waals surface area (Å²) in [6.07, 6.45) is 1.69. The topological polar surface area (TPSA) is 83.0 Å². The number of aliphatic hydroxyl groups is 1. The molecule has 144 valence electrons. The summed E-state index contributed by atoms with van der Waals surface area (Å²) in [6.45, 7) is 6.29. The van der Waals surface area contributed by atoms with Crippen LogP contribution < -0.4 is 4.74 Å². The molecule has 0 saturated heterocycles. The zero-order valence-corrected chi connectivity index (χ0v) is 17.2. The fourth-order valence-corrected chi connectivity index (χ4v) is 3.27. The Morgan fingerprint density at radius 3 is 2.88 bits per heavy atom. The fraction of sp³-hybridized carbons (Fsp3) is 0.611. The van der Waals surface area contributed by atoms with Gasteiger partial charge < -0.3 is 19.6 Å². The van der Waals surface area contributed by atoms with Crippen LogP contribution >= 0.6 is 15.9 Å². The molecule has 1 aliphatic rings. The number of hydrogen-bond donors (Lipinski definition) is 1. The number of nitrogens with zero attached hydrogens (tertiary/aromatic N) is 3. The molecule has 0 radical (unpaired) electrons. The number of amides is 2. The Kier molecular flexibility index (Phi) is 7.00. The number of aromatic nitrogens is 1. The molecule has 0 fully saturated rings. The van der Waals surface area contributed by atoms with Crippen molar-refractivity contribution in [1.29, 1.82) is 0 Å². The average molecular weight is 428 g/mol. The monoisotopic (exact) mass is 427 g/mol. The van der Waals surface area contributed by atoms with Gasteiger partial charge in [-0.15, -0.1) is 0 Å². The molecule has 0 spiro atoms. The number of carbonyl (C=O) groups excluding carboxylic acids is 2. The van der Waals surface area contributed by atoms with E-state index in [1.54, 1.807) is 36.0 Å². The van der Waals surface area contributed by atoms with Crippen molar-refractivity contribution in [3.8, 4) is 5.88 Å². The number of likely N-dealkylation sites (N-methyl/N-ethyl adjacent to an activating group) is 1. The number of carbonyl (C=O) groups is 2.